The van der Waals surface area contributed by atoms with Gasteiger partial charge in [0.1, 0.15) is 0 Å². The van der Waals surface area contributed by atoms with E-state index in [2.05, 4.69) is 45.0 Å². The number of ether oxygens (including phenoxy) is 1. The van der Waals surface area contributed by atoms with E-state index >= 15 is 0 Å². The van der Waals surface area contributed by atoms with Crippen molar-refractivity contribution in [3.63, 3.8) is 0 Å². The molecule has 1 aromatic carbocycles. The summed E-state index contributed by atoms with van der Waals surface area (Å²) < 4.78 is 10.7. The van der Waals surface area contributed by atoms with Crippen LogP contribution in [0.25, 0.3) is 0 Å². The zero-order valence-electron chi connectivity index (χ0n) is 10.4. The third-order valence-electron chi connectivity index (χ3n) is 2.16. The van der Waals surface area contributed by atoms with E-state index in [1.165, 1.54) is 17.6 Å². The van der Waals surface area contributed by atoms with Crippen molar-refractivity contribution in [1.82, 2.24) is 0 Å². The molecule has 90 valence electrons. The highest BCUT2D eigenvalue weighted by Crippen LogP contribution is 2.24. The van der Waals surface area contributed by atoms with Crippen LogP contribution in [-0.2, 0) is 8.92 Å². The van der Waals surface area contributed by atoms with Crippen LogP contribution in [0.1, 0.15) is 19.4 Å². The third-order valence-corrected chi connectivity index (χ3v) is 2.86. The molecule has 0 radical (unpaired) electrons. The topological polar surface area (TPSA) is 18.5 Å². The molecular formula is C13H20O2S. The van der Waals surface area contributed by atoms with Gasteiger partial charge >= 0.3 is 0 Å². The monoisotopic (exact) mass is 240 g/mol. The second kappa shape index (κ2) is 6.28. The summed E-state index contributed by atoms with van der Waals surface area (Å²) >= 11 is 1.43. The van der Waals surface area contributed by atoms with Crippen molar-refractivity contribution in [3.8, 4) is 0 Å². The normalized spacial score (nSPS) is 11.8. The molecule has 0 spiro atoms. The van der Waals surface area contributed by atoms with Gasteiger partial charge in [0.05, 0.1) is 13.2 Å². The quantitative estimate of drug-likeness (QED) is 0.706. The lowest BCUT2D eigenvalue weighted by atomic mass is 9.97. The summed E-state index contributed by atoms with van der Waals surface area (Å²) in [5.41, 5.74) is 1.33. The van der Waals surface area contributed by atoms with Crippen LogP contribution in [0.5, 0.6) is 0 Å². The second-order valence-electron chi connectivity index (χ2n) is 4.76. The predicted octanol–water partition coefficient (Wildman–Crippen LogP) is 3.69. The first kappa shape index (κ1) is 13.6. The van der Waals surface area contributed by atoms with Gasteiger partial charge in [-0.2, -0.15) is 0 Å². The molecule has 0 bridgehead atoms. The first-order valence-electron chi connectivity index (χ1n) is 5.38. The van der Waals surface area contributed by atoms with Crippen LogP contribution in [0, 0.1) is 12.3 Å². The maximum atomic E-state index is 5.61. The highest BCUT2D eigenvalue weighted by atomic mass is 32.2. The van der Waals surface area contributed by atoms with E-state index < -0.39 is 0 Å². The van der Waals surface area contributed by atoms with Crippen LogP contribution in [0.15, 0.2) is 29.2 Å². The molecule has 0 heterocycles. The molecule has 3 heteroatoms. The van der Waals surface area contributed by atoms with E-state index in [4.69, 9.17) is 8.92 Å². The summed E-state index contributed by atoms with van der Waals surface area (Å²) in [5.74, 6) is 0. The minimum Gasteiger partial charge on any atom is -0.384 e. The maximum absolute atomic E-state index is 5.61. The molecular weight excluding hydrogens is 220 g/mol. The van der Waals surface area contributed by atoms with Gasteiger partial charge in [-0.25, -0.2) is 0 Å². The summed E-state index contributed by atoms with van der Waals surface area (Å²) in [7, 11) is 1.72. The molecule has 0 saturated carbocycles. The van der Waals surface area contributed by atoms with E-state index in [0.717, 1.165) is 4.90 Å². The lowest BCUT2D eigenvalue weighted by Gasteiger charge is -2.22. The molecule has 0 N–H and O–H groups in total. The fourth-order valence-electron chi connectivity index (χ4n) is 1.28. The van der Waals surface area contributed by atoms with E-state index in [1.54, 1.807) is 7.11 Å². The summed E-state index contributed by atoms with van der Waals surface area (Å²) in [4.78, 5) is 1.14. The molecule has 0 aromatic heterocycles. The molecule has 0 aliphatic heterocycles. The Morgan fingerprint density at radius 3 is 2.31 bits per heavy atom. The standard InChI is InChI=1S/C13H20O2S/c1-11-5-7-12(8-6-11)16-15-10-13(2,3)9-14-4/h5-8H,9-10H2,1-4H3. The van der Waals surface area contributed by atoms with Gasteiger partial charge in [0, 0.05) is 29.5 Å². The van der Waals surface area contributed by atoms with Gasteiger partial charge in [-0.15, -0.1) is 0 Å². The van der Waals surface area contributed by atoms with Gasteiger partial charge in [-0.05, 0) is 19.1 Å². The van der Waals surface area contributed by atoms with Crippen LogP contribution in [0.4, 0.5) is 0 Å². The molecule has 0 amide bonds. The Labute approximate surface area is 103 Å². The van der Waals surface area contributed by atoms with Crippen LogP contribution in [-0.4, -0.2) is 20.3 Å². The Hall–Kier alpha value is -0.510. The molecule has 0 fully saturated rings. The van der Waals surface area contributed by atoms with Crippen LogP contribution < -0.4 is 0 Å². The van der Waals surface area contributed by atoms with Gasteiger partial charge in [-0.1, -0.05) is 31.5 Å². The minimum absolute atomic E-state index is 0.0620. The molecule has 16 heavy (non-hydrogen) atoms. The zero-order chi connectivity index (χ0) is 12.0. The fraction of sp³-hybridized carbons (Fsp3) is 0.538. The minimum atomic E-state index is 0.0620. The lowest BCUT2D eigenvalue weighted by molar-refractivity contribution is 0.0714. The molecule has 0 atom stereocenters. The van der Waals surface area contributed by atoms with Crippen molar-refractivity contribution in [3.05, 3.63) is 29.8 Å². The maximum Gasteiger partial charge on any atom is 0.0691 e. The number of aryl methyl sites for hydroxylation is 1. The number of hydrogen-bond donors (Lipinski definition) is 0. The summed E-state index contributed by atoms with van der Waals surface area (Å²) in [5, 5.41) is 0. The average molecular weight is 240 g/mol. The van der Waals surface area contributed by atoms with E-state index in [0.29, 0.717) is 13.2 Å². The number of rotatable bonds is 6. The first-order valence-corrected chi connectivity index (χ1v) is 6.13. The first-order chi connectivity index (χ1) is 7.53. The van der Waals surface area contributed by atoms with Crippen molar-refractivity contribution >= 4 is 12.0 Å². The Bertz CT molecular complexity index is 306. The molecule has 1 aromatic rings. The zero-order valence-corrected chi connectivity index (χ0v) is 11.3. The van der Waals surface area contributed by atoms with Crippen molar-refractivity contribution in [2.45, 2.75) is 25.7 Å². The van der Waals surface area contributed by atoms with Crippen molar-refractivity contribution in [2.24, 2.45) is 5.41 Å². The summed E-state index contributed by atoms with van der Waals surface area (Å²) in [6.07, 6.45) is 0. The van der Waals surface area contributed by atoms with Gasteiger partial charge in [0.25, 0.3) is 0 Å². The Kier molecular flexibility index (Phi) is 5.32. The highest BCUT2D eigenvalue weighted by molar-refractivity contribution is 7.94. The number of methoxy groups -OCH3 is 1. The second-order valence-corrected chi connectivity index (χ2v) is 5.63. The van der Waals surface area contributed by atoms with Gasteiger partial charge in [0.2, 0.25) is 0 Å². The molecule has 0 aliphatic rings. The Morgan fingerprint density at radius 2 is 1.75 bits per heavy atom. The van der Waals surface area contributed by atoms with Crippen LogP contribution in [0.3, 0.4) is 0 Å². The SMILES string of the molecule is COCC(C)(C)COSc1ccc(C)cc1. The van der Waals surface area contributed by atoms with Crippen molar-refractivity contribution < 1.29 is 8.92 Å². The molecule has 0 aliphatic carbocycles. The molecule has 1 rings (SSSR count). The van der Waals surface area contributed by atoms with E-state index in [9.17, 15) is 0 Å². The van der Waals surface area contributed by atoms with E-state index in [1.807, 2.05) is 0 Å². The molecule has 0 saturated heterocycles. The van der Waals surface area contributed by atoms with Gasteiger partial charge < -0.3 is 8.92 Å². The highest BCUT2D eigenvalue weighted by Gasteiger charge is 2.18. The number of benzene rings is 1. The van der Waals surface area contributed by atoms with Crippen molar-refractivity contribution in [1.29, 1.82) is 0 Å². The Morgan fingerprint density at radius 1 is 1.12 bits per heavy atom. The fourth-order valence-corrected chi connectivity index (χ4v) is 2.04. The Balaban J connectivity index is 2.32. The van der Waals surface area contributed by atoms with Crippen LogP contribution >= 0.6 is 12.0 Å². The van der Waals surface area contributed by atoms with E-state index in [-0.39, 0.29) is 5.41 Å². The molecule has 2 nitrogen and oxygen atoms in total. The number of hydrogen-bond acceptors (Lipinski definition) is 3. The smallest absolute Gasteiger partial charge is 0.0691 e. The van der Waals surface area contributed by atoms with Gasteiger partial charge in [-0.3, -0.25) is 0 Å². The largest absolute Gasteiger partial charge is 0.384 e. The third kappa shape index (κ3) is 5.01. The van der Waals surface area contributed by atoms with Crippen molar-refractivity contribution in [2.75, 3.05) is 20.3 Å². The lowest BCUT2D eigenvalue weighted by Crippen LogP contribution is -2.23. The van der Waals surface area contributed by atoms with Crippen LogP contribution in [0.2, 0.25) is 0 Å². The molecule has 0 unspecified atom stereocenters. The van der Waals surface area contributed by atoms with Gasteiger partial charge in [0.15, 0.2) is 0 Å². The summed E-state index contributed by atoms with van der Waals surface area (Å²) in [6.45, 7) is 7.73. The predicted molar refractivity (Wildman–Crippen MR) is 68.6 cm³/mol. The summed E-state index contributed by atoms with van der Waals surface area (Å²) in [6, 6.07) is 8.32. The average Bonchev–Trinajstić information content (AvgIpc) is 2.20.